The Bertz CT molecular complexity index is 567. The topological polar surface area (TPSA) is 131 Å². The van der Waals surface area contributed by atoms with E-state index in [9.17, 15) is 5.11 Å². The molecule has 2 aliphatic carbocycles. The van der Waals surface area contributed by atoms with E-state index in [2.05, 4.69) is 20.6 Å². The molecular formula is C17H32N8O. The van der Waals surface area contributed by atoms with Gasteiger partial charge in [-0.05, 0) is 61.8 Å². The maximum Gasteiger partial charge on any atom is 0.138 e. The summed E-state index contributed by atoms with van der Waals surface area (Å²) in [6.45, 7) is 0. The van der Waals surface area contributed by atoms with Crippen LogP contribution in [0.1, 0.15) is 77.0 Å². The molecule has 0 amide bonds. The molecule has 2 fully saturated rings. The molecule has 1 aromatic rings. The minimum Gasteiger partial charge on any atom is -0.393 e. The number of nitrogens with two attached hydrogens (primary N) is 2. The summed E-state index contributed by atoms with van der Waals surface area (Å²) in [5, 5.41) is 26.9. The van der Waals surface area contributed by atoms with Crippen molar-refractivity contribution in [1.82, 2.24) is 25.2 Å². The molecule has 1 heterocycles. The number of tetrazole rings is 1. The van der Waals surface area contributed by atoms with Gasteiger partial charge in [0, 0.05) is 0 Å². The van der Waals surface area contributed by atoms with Gasteiger partial charge in [-0.3, -0.25) is 5.01 Å². The molecular weight excluding hydrogens is 332 g/mol. The van der Waals surface area contributed by atoms with Crippen molar-refractivity contribution in [2.45, 2.75) is 94.2 Å². The third kappa shape index (κ3) is 4.70. The number of aliphatic hydroxyl groups excluding tert-OH is 1. The molecule has 1 aromatic heterocycles. The van der Waals surface area contributed by atoms with Gasteiger partial charge in [-0.25, -0.2) is 10.5 Å². The van der Waals surface area contributed by atoms with Crippen LogP contribution in [-0.4, -0.2) is 48.3 Å². The molecule has 9 nitrogen and oxygen atoms in total. The number of hydrazone groups is 1. The Morgan fingerprint density at radius 3 is 2.38 bits per heavy atom. The molecule has 2 aliphatic rings. The van der Waals surface area contributed by atoms with Gasteiger partial charge in [-0.2, -0.15) is 5.10 Å². The minimum absolute atomic E-state index is 0.0582. The van der Waals surface area contributed by atoms with Gasteiger partial charge in [0.2, 0.25) is 0 Å². The highest BCUT2D eigenvalue weighted by molar-refractivity contribution is 5.55. The minimum atomic E-state index is -0.201. The van der Waals surface area contributed by atoms with Crippen molar-refractivity contribution in [2.75, 3.05) is 0 Å². The number of aromatic nitrogens is 4. The molecule has 2 saturated carbocycles. The fourth-order valence-electron chi connectivity index (χ4n) is 3.90. The molecule has 5 N–H and O–H groups in total. The van der Waals surface area contributed by atoms with Gasteiger partial charge in [-0.15, -0.1) is 5.10 Å². The highest BCUT2D eigenvalue weighted by atomic mass is 16.3. The highest BCUT2D eigenvalue weighted by Gasteiger charge is 2.46. The lowest BCUT2D eigenvalue weighted by Gasteiger charge is -2.24. The summed E-state index contributed by atoms with van der Waals surface area (Å²) in [7, 11) is 0. The lowest BCUT2D eigenvalue weighted by Crippen LogP contribution is -2.42. The Kier molecular flexibility index (Phi) is 6.08. The molecule has 0 aliphatic heterocycles. The van der Waals surface area contributed by atoms with Gasteiger partial charge < -0.3 is 10.9 Å². The monoisotopic (exact) mass is 364 g/mol. The largest absolute Gasteiger partial charge is 0.393 e. The van der Waals surface area contributed by atoms with Crippen molar-refractivity contribution >= 4 is 6.34 Å². The van der Waals surface area contributed by atoms with Crippen molar-refractivity contribution < 1.29 is 5.11 Å². The van der Waals surface area contributed by atoms with Crippen molar-refractivity contribution in [1.29, 1.82) is 0 Å². The maximum atomic E-state index is 10.2. The number of nitrogens with zero attached hydrogens (tertiary/aromatic N) is 6. The summed E-state index contributed by atoms with van der Waals surface area (Å²) in [6, 6.07) is 0. The summed E-state index contributed by atoms with van der Waals surface area (Å²) in [5.41, 5.74) is 0.219. The molecule has 26 heavy (non-hydrogen) atoms. The van der Waals surface area contributed by atoms with Gasteiger partial charge in [0.25, 0.3) is 0 Å². The van der Waals surface area contributed by atoms with Crippen LogP contribution in [0, 0.1) is 0 Å². The third-order valence-corrected chi connectivity index (χ3v) is 6.09. The Morgan fingerprint density at radius 1 is 1.15 bits per heavy atom. The van der Waals surface area contributed by atoms with Crippen LogP contribution in [0.4, 0.5) is 0 Å². The number of hydrazine groups is 1. The molecule has 1 unspecified atom stereocenters. The summed E-state index contributed by atoms with van der Waals surface area (Å²) in [6.07, 6.45) is 15.7. The lowest BCUT2D eigenvalue weighted by atomic mass is 10.00. The molecule has 0 bridgehead atoms. The molecule has 0 radical (unpaired) electrons. The smallest absolute Gasteiger partial charge is 0.138 e. The maximum absolute atomic E-state index is 10.2. The Labute approximate surface area is 154 Å². The zero-order chi connectivity index (χ0) is 18.5. The average molecular weight is 364 g/mol. The van der Waals surface area contributed by atoms with E-state index < -0.39 is 0 Å². The van der Waals surface area contributed by atoms with E-state index in [1.165, 1.54) is 6.34 Å². The van der Waals surface area contributed by atoms with Crippen LogP contribution in [0.5, 0.6) is 0 Å². The second kappa shape index (κ2) is 8.30. The van der Waals surface area contributed by atoms with Gasteiger partial charge in [0.05, 0.1) is 17.2 Å². The zero-order valence-corrected chi connectivity index (χ0v) is 15.5. The molecule has 0 aromatic carbocycles. The van der Waals surface area contributed by atoms with Crippen molar-refractivity contribution in [3.63, 3.8) is 0 Å². The Hall–Kier alpha value is -1.74. The summed E-state index contributed by atoms with van der Waals surface area (Å²) < 4.78 is 1.91. The van der Waals surface area contributed by atoms with Gasteiger partial charge in [0.15, 0.2) is 0 Å². The van der Waals surface area contributed by atoms with E-state index in [0.29, 0.717) is 0 Å². The number of rotatable bonds is 13. The molecule has 0 saturated heterocycles. The predicted octanol–water partition coefficient (Wildman–Crippen LogP) is 1.25. The van der Waals surface area contributed by atoms with Crippen LogP contribution in [0.3, 0.4) is 0 Å². The fraction of sp³-hybridized carbons (Fsp3) is 0.882. The van der Waals surface area contributed by atoms with Crippen LogP contribution in [0.15, 0.2) is 11.4 Å². The van der Waals surface area contributed by atoms with Crippen LogP contribution in [0.25, 0.3) is 0 Å². The summed E-state index contributed by atoms with van der Waals surface area (Å²) >= 11 is 0. The second-order valence-corrected chi connectivity index (χ2v) is 8.02. The second-order valence-electron chi connectivity index (χ2n) is 8.02. The normalized spacial score (nSPS) is 21.0. The van der Waals surface area contributed by atoms with Gasteiger partial charge >= 0.3 is 0 Å². The zero-order valence-electron chi connectivity index (χ0n) is 15.5. The van der Waals surface area contributed by atoms with E-state index in [0.717, 1.165) is 77.0 Å². The van der Waals surface area contributed by atoms with E-state index >= 15 is 0 Å². The van der Waals surface area contributed by atoms with Crippen LogP contribution < -0.4 is 11.7 Å². The molecule has 9 heteroatoms. The van der Waals surface area contributed by atoms with Crippen LogP contribution in [-0.2, 0) is 5.54 Å². The van der Waals surface area contributed by atoms with E-state index in [4.69, 9.17) is 11.7 Å². The third-order valence-electron chi connectivity index (χ3n) is 6.09. The quantitative estimate of drug-likeness (QED) is 0.158. The highest BCUT2D eigenvalue weighted by Crippen LogP contribution is 2.47. The fourth-order valence-corrected chi connectivity index (χ4v) is 3.90. The molecule has 146 valence electrons. The van der Waals surface area contributed by atoms with Gasteiger partial charge in [-0.1, -0.05) is 25.7 Å². The number of aliphatic hydroxyl groups is 1. The number of unbranched alkanes of at least 4 members (excludes halogenated alkanes) is 2. The van der Waals surface area contributed by atoms with Crippen LogP contribution >= 0.6 is 0 Å². The van der Waals surface area contributed by atoms with Crippen molar-refractivity contribution in [2.24, 2.45) is 16.8 Å². The van der Waals surface area contributed by atoms with Gasteiger partial charge in [0.1, 0.15) is 12.7 Å². The molecule has 0 spiro atoms. The summed E-state index contributed by atoms with van der Waals surface area (Å²) in [5.74, 6) is 11.1. The SMILES string of the molecule is N/N=C\N(N)C1(CCCCC(O)CCCCC2(n3cnnn3)CC2)CC1. The molecule has 3 rings (SSSR count). The van der Waals surface area contributed by atoms with E-state index in [1.807, 2.05) is 4.68 Å². The van der Waals surface area contributed by atoms with Crippen LogP contribution in [0.2, 0.25) is 0 Å². The average Bonchev–Trinajstić information content (AvgIpc) is 3.54. The van der Waals surface area contributed by atoms with Crippen molar-refractivity contribution in [3.05, 3.63) is 6.33 Å². The standard InChI is InChI=1S/C17H32N8O/c18-20-13-24(19)16(9-10-16)7-3-1-5-15(26)6-2-4-8-17(11-12-17)25-14-21-22-23-25/h13-15,26H,1-12,18-19H2/b20-13-. The van der Waals surface area contributed by atoms with E-state index in [1.54, 1.807) is 11.3 Å². The first-order valence-electron chi connectivity index (χ1n) is 9.79. The first kappa shape index (κ1) is 19.0. The molecule has 1 atom stereocenters. The number of hydrogen-bond acceptors (Lipinski definition) is 7. The van der Waals surface area contributed by atoms with E-state index in [-0.39, 0.29) is 17.2 Å². The predicted molar refractivity (Wildman–Crippen MR) is 98.6 cm³/mol. The Morgan fingerprint density at radius 2 is 1.85 bits per heavy atom. The first-order chi connectivity index (χ1) is 12.6. The Balaban J connectivity index is 1.23. The lowest BCUT2D eigenvalue weighted by molar-refractivity contribution is 0.144. The number of hydrogen-bond donors (Lipinski definition) is 3. The van der Waals surface area contributed by atoms with Crippen molar-refractivity contribution in [3.8, 4) is 0 Å². The first-order valence-corrected chi connectivity index (χ1v) is 9.79. The summed E-state index contributed by atoms with van der Waals surface area (Å²) in [4.78, 5) is 0.